The summed E-state index contributed by atoms with van der Waals surface area (Å²) in [5, 5.41) is 16.3. The van der Waals surface area contributed by atoms with Crippen LogP contribution in [0.25, 0.3) is 0 Å². The summed E-state index contributed by atoms with van der Waals surface area (Å²) in [5.74, 6) is -0.774. The van der Waals surface area contributed by atoms with Crippen molar-refractivity contribution in [3.63, 3.8) is 0 Å². The quantitative estimate of drug-likeness (QED) is 0.849. The van der Waals surface area contributed by atoms with Gasteiger partial charge in [0.25, 0.3) is 0 Å². The van der Waals surface area contributed by atoms with Crippen LogP contribution in [0.5, 0.6) is 0 Å². The molecule has 2 rings (SSSR count). The molecule has 0 aliphatic heterocycles. The van der Waals surface area contributed by atoms with E-state index >= 15 is 0 Å². The van der Waals surface area contributed by atoms with E-state index in [1.54, 1.807) is 11.3 Å². The highest BCUT2D eigenvalue weighted by Gasteiger charge is 2.24. The zero-order chi connectivity index (χ0) is 11.4. The minimum atomic E-state index is -0.774. The van der Waals surface area contributed by atoms with Gasteiger partial charge in [0.05, 0.1) is 0 Å². The third kappa shape index (κ3) is 2.83. The Balaban J connectivity index is 2.00. The van der Waals surface area contributed by atoms with Crippen molar-refractivity contribution in [2.75, 3.05) is 0 Å². The van der Waals surface area contributed by atoms with Gasteiger partial charge in [-0.3, -0.25) is 10.1 Å². The predicted molar refractivity (Wildman–Crippen MR) is 64.7 cm³/mol. The first-order valence-electron chi connectivity index (χ1n) is 5.78. The summed E-state index contributed by atoms with van der Waals surface area (Å²) in [5.41, 5.74) is 0.878. The first kappa shape index (κ1) is 11.6. The Labute approximate surface area is 99.5 Å². The van der Waals surface area contributed by atoms with Crippen LogP contribution in [0, 0.1) is 0 Å². The third-order valence-corrected chi connectivity index (χ3v) is 3.83. The summed E-state index contributed by atoms with van der Waals surface area (Å²) in [6, 6.07) is 1.73. The van der Waals surface area contributed by atoms with Gasteiger partial charge in [0.2, 0.25) is 0 Å². The maximum Gasteiger partial charge on any atom is 0.325 e. The Bertz CT molecular complexity index is 331. The second-order valence-electron chi connectivity index (χ2n) is 4.33. The molecule has 3 nitrogen and oxygen atoms in total. The molecule has 88 valence electrons. The van der Waals surface area contributed by atoms with Crippen LogP contribution in [0.4, 0.5) is 0 Å². The fraction of sp³-hybridized carbons (Fsp3) is 0.583. The lowest BCUT2D eigenvalue weighted by molar-refractivity contribution is -0.140. The van der Waals surface area contributed by atoms with Gasteiger partial charge >= 0.3 is 5.97 Å². The molecule has 0 aromatic carbocycles. The first-order chi connectivity index (χ1) is 7.77. The number of carboxylic acids is 1. The van der Waals surface area contributed by atoms with Crippen molar-refractivity contribution in [3.8, 4) is 0 Å². The molecule has 1 heterocycles. The Morgan fingerprint density at radius 1 is 1.44 bits per heavy atom. The minimum Gasteiger partial charge on any atom is -0.480 e. The number of rotatable bonds is 4. The van der Waals surface area contributed by atoms with E-state index in [0.717, 1.165) is 18.4 Å². The fourth-order valence-electron chi connectivity index (χ4n) is 2.25. The first-order valence-corrected chi connectivity index (χ1v) is 6.72. The molecule has 0 spiro atoms. The molecule has 0 amide bonds. The average Bonchev–Trinajstić information content (AvgIpc) is 2.80. The molecular weight excluding hydrogens is 222 g/mol. The number of carbonyl (C=O) groups is 1. The fourth-order valence-corrected chi connectivity index (χ4v) is 2.94. The van der Waals surface area contributed by atoms with Gasteiger partial charge < -0.3 is 5.11 Å². The van der Waals surface area contributed by atoms with Crippen molar-refractivity contribution in [2.45, 2.75) is 44.2 Å². The molecule has 1 fully saturated rings. The van der Waals surface area contributed by atoms with E-state index in [2.05, 4.69) is 5.32 Å². The highest BCUT2D eigenvalue weighted by molar-refractivity contribution is 7.08. The van der Waals surface area contributed by atoms with Crippen molar-refractivity contribution in [1.82, 2.24) is 5.32 Å². The van der Waals surface area contributed by atoms with Crippen LogP contribution < -0.4 is 5.32 Å². The molecule has 1 aromatic heterocycles. The molecule has 0 saturated heterocycles. The van der Waals surface area contributed by atoms with E-state index in [4.69, 9.17) is 0 Å². The van der Waals surface area contributed by atoms with E-state index in [0.29, 0.717) is 6.04 Å². The number of aliphatic carboxylic acids is 1. The Hall–Kier alpha value is -0.870. The van der Waals surface area contributed by atoms with Crippen LogP contribution in [-0.2, 0) is 4.79 Å². The van der Waals surface area contributed by atoms with Gasteiger partial charge in [-0.05, 0) is 35.2 Å². The maximum absolute atomic E-state index is 11.2. The number of nitrogens with one attached hydrogen (secondary N) is 1. The summed E-state index contributed by atoms with van der Waals surface area (Å²) < 4.78 is 0. The third-order valence-electron chi connectivity index (χ3n) is 3.13. The molecule has 1 atom stereocenters. The average molecular weight is 239 g/mol. The summed E-state index contributed by atoms with van der Waals surface area (Å²) in [6.45, 7) is 0. The van der Waals surface area contributed by atoms with Gasteiger partial charge in [0.15, 0.2) is 0 Å². The van der Waals surface area contributed by atoms with Crippen LogP contribution in [-0.4, -0.2) is 17.1 Å². The second kappa shape index (κ2) is 5.46. The van der Waals surface area contributed by atoms with Crippen LogP contribution >= 0.6 is 11.3 Å². The summed E-state index contributed by atoms with van der Waals surface area (Å²) >= 11 is 1.54. The number of carboxylic acid groups (broad SMARTS) is 1. The number of hydrogen-bond donors (Lipinski definition) is 2. The Morgan fingerprint density at radius 3 is 2.75 bits per heavy atom. The van der Waals surface area contributed by atoms with Gasteiger partial charge in [-0.2, -0.15) is 11.3 Å². The largest absolute Gasteiger partial charge is 0.480 e. The summed E-state index contributed by atoms with van der Waals surface area (Å²) in [6.07, 6.45) is 5.93. The highest BCUT2D eigenvalue weighted by Crippen LogP contribution is 2.23. The lowest BCUT2D eigenvalue weighted by atomic mass is 9.94. The molecule has 1 aliphatic rings. The van der Waals surface area contributed by atoms with E-state index < -0.39 is 12.0 Å². The lowest BCUT2D eigenvalue weighted by Gasteiger charge is -2.26. The van der Waals surface area contributed by atoms with Crippen molar-refractivity contribution < 1.29 is 9.90 Å². The standard InChI is InChI=1S/C12H17NO2S/c14-12(15)11(9-6-7-16-8-9)13-10-4-2-1-3-5-10/h6-8,10-11,13H,1-5H2,(H,14,15). The van der Waals surface area contributed by atoms with Gasteiger partial charge in [0.1, 0.15) is 6.04 Å². The lowest BCUT2D eigenvalue weighted by Crippen LogP contribution is -2.38. The van der Waals surface area contributed by atoms with E-state index in [1.807, 2.05) is 16.8 Å². The SMILES string of the molecule is O=C(O)C(NC1CCCCC1)c1ccsc1. The normalized spacial score (nSPS) is 19.5. The number of thiophene rings is 1. The molecule has 2 N–H and O–H groups in total. The molecule has 1 aromatic rings. The van der Waals surface area contributed by atoms with Crippen molar-refractivity contribution in [3.05, 3.63) is 22.4 Å². The Morgan fingerprint density at radius 2 is 2.19 bits per heavy atom. The van der Waals surface area contributed by atoms with Crippen LogP contribution in [0.1, 0.15) is 43.7 Å². The highest BCUT2D eigenvalue weighted by atomic mass is 32.1. The smallest absolute Gasteiger partial charge is 0.325 e. The number of hydrogen-bond acceptors (Lipinski definition) is 3. The van der Waals surface area contributed by atoms with Crippen molar-refractivity contribution in [1.29, 1.82) is 0 Å². The minimum absolute atomic E-state index is 0.370. The molecule has 0 bridgehead atoms. The topological polar surface area (TPSA) is 49.3 Å². The van der Waals surface area contributed by atoms with Crippen LogP contribution in [0.3, 0.4) is 0 Å². The van der Waals surface area contributed by atoms with Crippen molar-refractivity contribution >= 4 is 17.3 Å². The molecule has 4 heteroatoms. The van der Waals surface area contributed by atoms with Gasteiger partial charge in [-0.25, -0.2) is 0 Å². The summed E-state index contributed by atoms with van der Waals surface area (Å²) in [7, 11) is 0. The van der Waals surface area contributed by atoms with E-state index in [-0.39, 0.29) is 0 Å². The predicted octanol–water partition coefficient (Wildman–Crippen LogP) is 2.80. The van der Waals surface area contributed by atoms with Gasteiger partial charge in [-0.1, -0.05) is 19.3 Å². The van der Waals surface area contributed by atoms with Crippen LogP contribution in [0.15, 0.2) is 16.8 Å². The molecule has 1 unspecified atom stereocenters. The second-order valence-corrected chi connectivity index (χ2v) is 5.11. The van der Waals surface area contributed by atoms with Crippen molar-refractivity contribution in [2.24, 2.45) is 0 Å². The molecule has 1 saturated carbocycles. The molecule has 16 heavy (non-hydrogen) atoms. The van der Waals surface area contributed by atoms with E-state index in [1.165, 1.54) is 19.3 Å². The maximum atomic E-state index is 11.2. The van der Waals surface area contributed by atoms with E-state index in [9.17, 15) is 9.90 Å². The molecule has 0 radical (unpaired) electrons. The molecular formula is C12H17NO2S. The zero-order valence-corrected chi connectivity index (χ0v) is 10.0. The summed E-state index contributed by atoms with van der Waals surface area (Å²) in [4.78, 5) is 11.2. The van der Waals surface area contributed by atoms with Crippen LogP contribution in [0.2, 0.25) is 0 Å². The monoisotopic (exact) mass is 239 g/mol. The zero-order valence-electron chi connectivity index (χ0n) is 9.19. The van der Waals surface area contributed by atoms with Gasteiger partial charge in [-0.15, -0.1) is 0 Å². The van der Waals surface area contributed by atoms with Gasteiger partial charge in [0, 0.05) is 6.04 Å². The Kier molecular flexibility index (Phi) is 3.96. The molecule has 1 aliphatic carbocycles.